The highest BCUT2D eigenvalue weighted by Gasteiger charge is 2.21. The Hall–Kier alpha value is -0.120. The highest BCUT2D eigenvalue weighted by Crippen LogP contribution is 2.18. The van der Waals surface area contributed by atoms with E-state index in [1.807, 2.05) is 0 Å². The van der Waals surface area contributed by atoms with E-state index in [9.17, 15) is 10.2 Å². The average Bonchev–Trinajstić information content (AvgIpc) is 2.10. The van der Waals surface area contributed by atoms with E-state index >= 15 is 0 Å². The van der Waals surface area contributed by atoms with Gasteiger partial charge in [0.1, 0.15) is 0 Å². The summed E-state index contributed by atoms with van der Waals surface area (Å²) in [5, 5.41) is 22.3. The van der Waals surface area contributed by atoms with Gasteiger partial charge in [0.25, 0.3) is 0 Å². The summed E-state index contributed by atoms with van der Waals surface area (Å²) < 4.78 is 0. The summed E-state index contributed by atoms with van der Waals surface area (Å²) in [5.74, 6) is -1.41. The van der Waals surface area contributed by atoms with Crippen LogP contribution in [0.3, 0.4) is 0 Å². The van der Waals surface area contributed by atoms with Crippen LogP contribution in [-0.4, -0.2) is 29.1 Å². The van der Waals surface area contributed by atoms with Crippen LogP contribution in [0.2, 0.25) is 0 Å². The van der Waals surface area contributed by atoms with E-state index in [4.69, 9.17) is 0 Å². The van der Waals surface area contributed by atoms with Gasteiger partial charge in [0.05, 0.1) is 0 Å². The third kappa shape index (κ3) is 5.24. The second-order valence-electron chi connectivity index (χ2n) is 4.00. The topological polar surface area (TPSA) is 52.5 Å². The van der Waals surface area contributed by atoms with Gasteiger partial charge in [0.15, 0.2) is 5.79 Å². The van der Waals surface area contributed by atoms with Crippen LogP contribution in [0, 0.1) is 0 Å². The lowest BCUT2D eigenvalue weighted by molar-refractivity contribution is -0.171. The van der Waals surface area contributed by atoms with Crippen molar-refractivity contribution in [3.8, 4) is 0 Å². The molecular weight excluding hydrogens is 166 g/mol. The minimum Gasteiger partial charge on any atom is -0.366 e. The molecule has 78 valence electrons. The van der Waals surface area contributed by atoms with Crippen molar-refractivity contribution in [3.63, 3.8) is 0 Å². The van der Waals surface area contributed by atoms with Crippen LogP contribution in [0.4, 0.5) is 0 Å². The van der Waals surface area contributed by atoms with E-state index in [1.54, 1.807) is 0 Å². The number of hydrogen-bond acceptors (Lipinski definition) is 3. The van der Waals surface area contributed by atoms with E-state index in [1.165, 1.54) is 12.8 Å². The maximum absolute atomic E-state index is 9.52. The molecule has 0 atom stereocenters. The molecule has 0 saturated carbocycles. The van der Waals surface area contributed by atoms with Gasteiger partial charge in [-0.05, 0) is 32.4 Å². The molecule has 0 aromatic rings. The highest BCUT2D eigenvalue weighted by atomic mass is 16.5. The minimum atomic E-state index is -1.41. The van der Waals surface area contributed by atoms with Crippen LogP contribution in [0.25, 0.3) is 0 Å². The van der Waals surface area contributed by atoms with Gasteiger partial charge in [-0.2, -0.15) is 0 Å². The highest BCUT2D eigenvalue weighted by molar-refractivity contribution is 4.66. The standard InChI is InChI=1S/C10H21NO2/c12-10(13)6-3-1-2-4-8-11-9-5-7-10/h11-13H,1-9H2. The summed E-state index contributed by atoms with van der Waals surface area (Å²) in [6.45, 7) is 1.98. The smallest absolute Gasteiger partial charge is 0.162 e. The fourth-order valence-electron chi connectivity index (χ4n) is 1.76. The Morgan fingerprint density at radius 3 is 2.23 bits per heavy atom. The van der Waals surface area contributed by atoms with E-state index < -0.39 is 5.79 Å². The Labute approximate surface area is 80.2 Å². The zero-order chi connectivity index (χ0) is 9.57. The third-order valence-electron chi connectivity index (χ3n) is 2.61. The molecule has 0 radical (unpaired) electrons. The molecule has 1 rings (SSSR count). The Bertz CT molecular complexity index is 123. The van der Waals surface area contributed by atoms with Crippen LogP contribution < -0.4 is 5.32 Å². The van der Waals surface area contributed by atoms with Crippen molar-refractivity contribution in [2.45, 2.75) is 50.7 Å². The number of hydrogen-bond donors (Lipinski definition) is 3. The lowest BCUT2D eigenvalue weighted by Gasteiger charge is -2.21. The Morgan fingerprint density at radius 2 is 1.38 bits per heavy atom. The lowest BCUT2D eigenvalue weighted by Crippen LogP contribution is -2.29. The second-order valence-corrected chi connectivity index (χ2v) is 4.00. The first-order valence-electron chi connectivity index (χ1n) is 5.36. The fraction of sp³-hybridized carbons (Fsp3) is 1.00. The lowest BCUT2D eigenvalue weighted by atomic mass is 10.0. The predicted octanol–water partition coefficient (Wildman–Crippen LogP) is 1.00. The van der Waals surface area contributed by atoms with Gasteiger partial charge in [-0.3, -0.25) is 0 Å². The van der Waals surface area contributed by atoms with Crippen LogP contribution in [0.15, 0.2) is 0 Å². The van der Waals surface area contributed by atoms with Gasteiger partial charge in [-0.25, -0.2) is 0 Å². The van der Waals surface area contributed by atoms with Gasteiger partial charge in [-0.1, -0.05) is 12.8 Å². The third-order valence-corrected chi connectivity index (χ3v) is 2.61. The number of aliphatic hydroxyl groups is 2. The fourth-order valence-corrected chi connectivity index (χ4v) is 1.76. The molecule has 1 saturated heterocycles. The summed E-state index contributed by atoms with van der Waals surface area (Å²) in [5.41, 5.74) is 0. The first-order valence-corrected chi connectivity index (χ1v) is 5.36. The molecule has 1 aliphatic rings. The summed E-state index contributed by atoms with van der Waals surface area (Å²) in [4.78, 5) is 0. The van der Waals surface area contributed by atoms with Crippen molar-refractivity contribution < 1.29 is 10.2 Å². The molecule has 3 nitrogen and oxygen atoms in total. The molecule has 1 fully saturated rings. The SMILES string of the molecule is OC1(O)CCCCCCNCCC1. The average molecular weight is 187 g/mol. The largest absolute Gasteiger partial charge is 0.366 e. The number of rotatable bonds is 0. The molecule has 1 heterocycles. The van der Waals surface area contributed by atoms with Crippen LogP contribution >= 0.6 is 0 Å². The molecule has 0 spiro atoms. The molecule has 0 aromatic carbocycles. The van der Waals surface area contributed by atoms with Crippen molar-refractivity contribution >= 4 is 0 Å². The van der Waals surface area contributed by atoms with Crippen LogP contribution in [0.1, 0.15) is 44.9 Å². The normalized spacial score (nSPS) is 26.3. The summed E-state index contributed by atoms with van der Waals surface area (Å²) in [6, 6.07) is 0. The summed E-state index contributed by atoms with van der Waals surface area (Å²) in [6.07, 6.45) is 6.35. The maximum atomic E-state index is 9.52. The molecule has 0 amide bonds. The maximum Gasteiger partial charge on any atom is 0.162 e. The van der Waals surface area contributed by atoms with Gasteiger partial charge < -0.3 is 15.5 Å². The van der Waals surface area contributed by atoms with Gasteiger partial charge in [-0.15, -0.1) is 0 Å². The van der Waals surface area contributed by atoms with E-state index in [0.29, 0.717) is 12.8 Å². The Morgan fingerprint density at radius 1 is 0.769 bits per heavy atom. The van der Waals surface area contributed by atoms with E-state index in [2.05, 4.69) is 5.32 Å². The summed E-state index contributed by atoms with van der Waals surface area (Å²) >= 11 is 0. The molecule has 1 aliphatic heterocycles. The van der Waals surface area contributed by atoms with E-state index in [0.717, 1.165) is 32.4 Å². The van der Waals surface area contributed by atoms with Gasteiger partial charge >= 0.3 is 0 Å². The van der Waals surface area contributed by atoms with Crippen LogP contribution in [-0.2, 0) is 0 Å². The van der Waals surface area contributed by atoms with Crippen LogP contribution in [0.5, 0.6) is 0 Å². The van der Waals surface area contributed by atoms with Crippen molar-refractivity contribution in [1.29, 1.82) is 0 Å². The monoisotopic (exact) mass is 187 g/mol. The minimum absolute atomic E-state index is 0.500. The van der Waals surface area contributed by atoms with Gasteiger partial charge in [0.2, 0.25) is 0 Å². The molecule has 0 bridgehead atoms. The summed E-state index contributed by atoms with van der Waals surface area (Å²) in [7, 11) is 0. The zero-order valence-electron chi connectivity index (χ0n) is 8.26. The second kappa shape index (κ2) is 5.58. The first kappa shape index (κ1) is 11.0. The molecule has 0 aliphatic carbocycles. The van der Waals surface area contributed by atoms with Crippen molar-refractivity contribution in [2.75, 3.05) is 13.1 Å². The molecule has 13 heavy (non-hydrogen) atoms. The first-order chi connectivity index (χ1) is 6.21. The van der Waals surface area contributed by atoms with Gasteiger partial charge in [0, 0.05) is 12.8 Å². The molecule has 3 heteroatoms. The predicted molar refractivity (Wildman–Crippen MR) is 52.4 cm³/mol. The molecule has 0 unspecified atom stereocenters. The zero-order valence-corrected chi connectivity index (χ0v) is 8.26. The molecule has 0 aromatic heterocycles. The van der Waals surface area contributed by atoms with E-state index in [-0.39, 0.29) is 0 Å². The van der Waals surface area contributed by atoms with Crippen molar-refractivity contribution in [3.05, 3.63) is 0 Å². The number of nitrogens with one attached hydrogen (secondary N) is 1. The molecular formula is C10H21NO2. The Kier molecular flexibility index (Phi) is 4.70. The Balaban J connectivity index is 2.27. The quantitative estimate of drug-likeness (QED) is 0.496. The van der Waals surface area contributed by atoms with Crippen molar-refractivity contribution in [1.82, 2.24) is 5.32 Å². The molecule has 3 N–H and O–H groups in total. The van der Waals surface area contributed by atoms with Crippen molar-refractivity contribution in [2.24, 2.45) is 0 Å².